The van der Waals surface area contributed by atoms with E-state index in [9.17, 15) is 0 Å². The Labute approximate surface area is 344 Å². The van der Waals surface area contributed by atoms with Gasteiger partial charge in [-0.15, -0.1) is 0 Å². The van der Waals surface area contributed by atoms with E-state index in [0.717, 1.165) is 28.3 Å². The summed E-state index contributed by atoms with van der Waals surface area (Å²) in [5, 5.41) is 2.45. The van der Waals surface area contributed by atoms with Gasteiger partial charge in [0.1, 0.15) is 0 Å². The maximum Gasteiger partial charge on any atom is 0.0726 e. The fourth-order valence-corrected chi connectivity index (χ4v) is 10.1. The van der Waals surface area contributed by atoms with Gasteiger partial charge in [0.05, 0.1) is 16.4 Å². The lowest BCUT2D eigenvalue weighted by Gasteiger charge is -2.30. The largest absolute Gasteiger partial charge is 0.310 e. The number of hydrogen-bond acceptors (Lipinski definition) is 1. The van der Waals surface area contributed by atoms with Crippen LogP contribution in [0, 0.1) is 0 Å². The zero-order valence-corrected chi connectivity index (χ0v) is 32.3. The van der Waals surface area contributed by atoms with Crippen LogP contribution in [0.2, 0.25) is 0 Å². The van der Waals surface area contributed by atoms with E-state index in [1.165, 1.54) is 71.9 Å². The van der Waals surface area contributed by atoms with Crippen LogP contribution in [0.4, 0.5) is 17.1 Å². The summed E-state index contributed by atoms with van der Waals surface area (Å²) in [5.74, 6) is 0. The second kappa shape index (κ2) is 13.2. The van der Waals surface area contributed by atoms with Crippen LogP contribution < -0.4 is 4.90 Å². The Kier molecular flexibility index (Phi) is 7.48. The van der Waals surface area contributed by atoms with Crippen molar-refractivity contribution in [2.45, 2.75) is 5.41 Å². The molecule has 0 aliphatic heterocycles. The first kappa shape index (κ1) is 33.5. The SMILES string of the molecule is C(=C\c1ccc(N(c2ccccc2)c2ccc3c(c2)c2ccccc2n3-c2ccc3c(c2)C2(c4ccccc4-c4ccccc42)c2ccccc2-3)cc1)/c1ccccc1. The molecule has 0 saturated carbocycles. The fourth-order valence-electron chi connectivity index (χ4n) is 10.1. The second-order valence-electron chi connectivity index (χ2n) is 15.7. The molecule has 2 nitrogen and oxygen atoms in total. The summed E-state index contributed by atoms with van der Waals surface area (Å²) in [6.45, 7) is 0. The van der Waals surface area contributed by atoms with E-state index in [0.29, 0.717) is 0 Å². The summed E-state index contributed by atoms with van der Waals surface area (Å²) >= 11 is 0. The molecule has 276 valence electrons. The molecule has 9 aromatic carbocycles. The quantitative estimate of drug-likeness (QED) is 0.154. The van der Waals surface area contributed by atoms with Crippen LogP contribution in [0.15, 0.2) is 218 Å². The molecule has 2 aliphatic carbocycles. The van der Waals surface area contributed by atoms with Crippen LogP contribution in [0.25, 0.3) is 61.9 Å². The number of hydrogen-bond donors (Lipinski definition) is 0. The zero-order chi connectivity index (χ0) is 38.9. The van der Waals surface area contributed by atoms with Crippen molar-refractivity contribution in [3.63, 3.8) is 0 Å². The zero-order valence-electron chi connectivity index (χ0n) is 32.3. The van der Waals surface area contributed by atoms with Crippen LogP contribution in [-0.2, 0) is 5.41 Å². The fraction of sp³-hybridized carbons (Fsp3) is 0.0175. The molecule has 0 radical (unpaired) electrons. The Hall–Kier alpha value is -7.68. The summed E-state index contributed by atoms with van der Waals surface area (Å²) in [5.41, 5.74) is 19.5. The van der Waals surface area contributed by atoms with Crippen molar-refractivity contribution in [3.05, 3.63) is 252 Å². The smallest absolute Gasteiger partial charge is 0.0726 e. The van der Waals surface area contributed by atoms with Crippen molar-refractivity contribution in [3.8, 4) is 27.9 Å². The van der Waals surface area contributed by atoms with Gasteiger partial charge in [-0.2, -0.15) is 0 Å². The maximum atomic E-state index is 2.48. The van der Waals surface area contributed by atoms with Crippen LogP contribution in [-0.4, -0.2) is 4.57 Å². The average Bonchev–Trinajstić information content (AvgIpc) is 3.91. The first-order valence-corrected chi connectivity index (χ1v) is 20.4. The third-order valence-corrected chi connectivity index (χ3v) is 12.6. The first-order chi connectivity index (χ1) is 29.3. The van der Waals surface area contributed by atoms with Crippen LogP contribution >= 0.6 is 0 Å². The minimum atomic E-state index is -0.399. The number of nitrogens with zero attached hydrogens (tertiary/aromatic N) is 2. The van der Waals surface area contributed by atoms with E-state index in [-0.39, 0.29) is 0 Å². The van der Waals surface area contributed by atoms with E-state index in [4.69, 9.17) is 0 Å². The summed E-state index contributed by atoms with van der Waals surface area (Å²) in [6.07, 6.45) is 4.34. The molecule has 0 unspecified atom stereocenters. The van der Waals surface area contributed by atoms with Gasteiger partial charge in [-0.05, 0) is 116 Å². The lowest BCUT2D eigenvalue weighted by molar-refractivity contribution is 0.792. The van der Waals surface area contributed by atoms with E-state index >= 15 is 0 Å². The van der Waals surface area contributed by atoms with Gasteiger partial charge in [0.2, 0.25) is 0 Å². The Morgan fingerprint density at radius 3 is 1.49 bits per heavy atom. The average molecular weight is 751 g/mol. The highest BCUT2D eigenvalue weighted by Gasteiger charge is 2.51. The van der Waals surface area contributed by atoms with Gasteiger partial charge >= 0.3 is 0 Å². The Bertz CT molecular complexity index is 3200. The van der Waals surface area contributed by atoms with Crippen molar-refractivity contribution in [1.29, 1.82) is 0 Å². The summed E-state index contributed by atoms with van der Waals surface area (Å²) < 4.78 is 2.47. The van der Waals surface area contributed by atoms with Gasteiger partial charge in [-0.25, -0.2) is 0 Å². The monoisotopic (exact) mass is 750 g/mol. The molecule has 10 aromatic rings. The van der Waals surface area contributed by atoms with Crippen molar-refractivity contribution >= 4 is 51.0 Å². The molecule has 12 rings (SSSR count). The molecule has 0 bridgehead atoms. The Balaban J connectivity index is 1.02. The van der Waals surface area contributed by atoms with Crippen molar-refractivity contribution in [1.82, 2.24) is 4.57 Å². The molecule has 0 fully saturated rings. The molecule has 2 aliphatic rings. The Morgan fingerprint density at radius 2 is 0.831 bits per heavy atom. The van der Waals surface area contributed by atoms with E-state index < -0.39 is 5.41 Å². The number of rotatable bonds is 6. The second-order valence-corrected chi connectivity index (χ2v) is 15.7. The third kappa shape index (κ3) is 5.00. The predicted molar refractivity (Wildman–Crippen MR) is 247 cm³/mol. The van der Waals surface area contributed by atoms with E-state index in [1.807, 2.05) is 0 Å². The summed E-state index contributed by atoms with van der Waals surface area (Å²) in [6, 6.07) is 80.1. The minimum Gasteiger partial charge on any atom is -0.310 e. The van der Waals surface area contributed by atoms with Gasteiger partial charge in [-0.3, -0.25) is 0 Å². The minimum absolute atomic E-state index is 0.399. The predicted octanol–water partition coefficient (Wildman–Crippen LogP) is 14.8. The lowest BCUT2D eigenvalue weighted by Crippen LogP contribution is -2.26. The van der Waals surface area contributed by atoms with Gasteiger partial charge in [-0.1, -0.05) is 170 Å². The molecule has 0 atom stereocenters. The highest BCUT2D eigenvalue weighted by Crippen LogP contribution is 2.63. The van der Waals surface area contributed by atoms with Gasteiger partial charge < -0.3 is 9.47 Å². The number of anilines is 3. The number of fused-ring (bicyclic) bond motifs is 13. The highest BCUT2D eigenvalue weighted by atomic mass is 15.1. The molecule has 1 heterocycles. The number of aromatic nitrogens is 1. The normalized spacial score (nSPS) is 13.2. The standard InChI is InChI=1S/C57H38N2/c1-3-15-39(16-4-1)27-28-40-29-31-42(32-30-40)58(41-17-5-2-6-18-41)43-34-36-56-50(37-43)49-22-10-14-26-55(49)59(56)44-33-35-48-47-21-9-13-25-53(47)57(54(48)38-44)51-23-11-7-19-45(51)46-20-8-12-24-52(46)57/h1-38H/b28-27+. The van der Waals surface area contributed by atoms with Crippen molar-refractivity contribution in [2.24, 2.45) is 0 Å². The molecule has 0 amide bonds. The Morgan fingerprint density at radius 1 is 0.339 bits per heavy atom. The third-order valence-electron chi connectivity index (χ3n) is 12.6. The van der Waals surface area contributed by atoms with Crippen molar-refractivity contribution < 1.29 is 0 Å². The molecule has 2 heteroatoms. The van der Waals surface area contributed by atoms with Crippen molar-refractivity contribution in [2.75, 3.05) is 4.90 Å². The van der Waals surface area contributed by atoms with Crippen LogP contribution in [0.5, 0.6) is 0 Å². The van der Waals surface area contributed by atoms with Crippen LogP contribution in [0.1, 0.15) is 33.4 Å². The van der Waals surface area contributed by atoms with Gasteiger partial charge in [0.15, 0.2) is 0 Å². The molecular weight excluding hydrogens is 713 g/mol. The molecular formula is C57H38N2. The van der Waals surface area contributed by atoms with E-state index in [1.54, 1.807) is 0 Å². The molecule has 0 saturated heterocycles. The molecule has 1 spiro atoms. The van der Waals surface area contributed by atoms with Gasteiger partial charge in [0, 0.05) is 33.5 Å². The van der Waals surface area contributed by atoms with Crippen LogP contribution in [0.3, 0.4) is 0 Å². The van der Waals surface area contributed by atoms with Gasteiger partial charge in [0.25, 0.3) is 0 Å². The number of benzene rings is 9. The number of para-hydroxylation sites is 2. The first-order valence-electron chi connectivity index (χ1n) is 20.4. The summed E-state index contributed by atoms with van der Waals surface area (Å²) in [7, 11) is 0. The molecule has 0 N–H and O–H groups in total. The topological polar surface area (TPSA) is 8.17 Å². The lowest BCUT2D eigenvalue weighted by atomic mass is 9.70. The maximum absolute atomic E-state index is 2.48. The highest BCUT2D eigenvalue weighted by molar-refractivity contribution is 6.11. The molecule has 59 heavy (non-hydrogen) atoms. The molecule has 1 aromatic heterocycles. The summed E-state index contributed by atoms with van der Waals surface area (Å²) in [4.78, 5) is 2.36. The van der Waals surface area contributed by atoms with E-state index in [2.05, 4.69) is 240 Å².